The van der Waals surface area contributed by atoms with Crippen LogP contribution in [0, 0.1) is 17.1 Å². The van der Waals surface area contributed by atoms with Crippen LogP contribution in [0.4, 0.5) is 4.39 Å². The van der Waals surface area contributed by atoms with E-state index in [0.29, 0.717) is 11.0 Å². The minimum absolute atomic E-state index is 0.00579. The lowest BCUT2D eigenvalue weighted by atomic mass is 10.2. The smallest absolute Gasteiger partial charge is 0.143 e. The molecule has 0 aliphatic rings. The molecule has 58 valence electrons. The Labute approximate surface area is 67.5 Å². The highest BCUT2D eigenvalue weighted by atomic mass is 19.1. The maximum Gasteiger partial charge on any atom is 0.143 e. The fourth-order valence-electron chi connectivity index (χ4n) is 1.09. The molecule has 0 saturated heterocycles. The minimum Gasteiger partial charge on any atom is -0.345 e. The van der Waals surface area contributed by atoms with E-state index in [4.69, 9.17) is 5.26 Å². The molecule has 0 amide bonds. The van der Waals surface area contributed by atoms with E-state index >= 15 is 0 Å². The Bertz CT molecular complexity index is 467. The van der Waals surface area contributed by atoms with Gasteiger partial charge in [-0.25, -0.2) is 9.37 Å². The normalized spacial score (nSPS) is 10.0. The predicted molar refractivity (Wildman–Crippen MR) is 40.8 cm³/mol. The molecule has 0 unspecified atom stereocenters. The largest absolute Gasteiger partial charge is 0.345 e. The second-order valence-electron chi connectivity index (χ2n) is 2.33. The molecule has 1 aromatic heterocycles. The molecule has 3 nitrogen and oxygen atoms in total. The first kappa shape index (κ1) is 6.80. The van der Waals surface area contributed by atoms with Gasteiger partial charge in [-0.1, -0.05) is 0 Å². The van der Waals surface area contributed by atoms with Gasteiger partial charge in [0, 0.05) is 0 Å². The zero-order chi connectivity index (χ0) is 8.55. The van der Waals surface area contributed by atoms with Crippen LogP contribution in [0.5, 0.6) is 0 Å². The number of aromatic amines is 1. The fraction of sp³-hybridized carbons (Fsp3) is 0. The molecular formula is C8H4FN3. The second kappa shape index (κ2) is 2.31. The first-order chi connectivity index (χ1) is 5.83. The average Bonchev–Trinajstić information content (AvgIpc) is 2.52. The molecule has 0 spiro atoms. The van der Waals surface area contributed by atoms with E-state index in [0.717, 1.165) is 0 Å². The molecule has 1 heterocycles. The van der Waals surface area contributed by atoms with Gasteiger partial charge in [-0.3, -0.25) is 0 Å². The van der Waals surface area contributed by atoms with E-state index in [2.05, 4.69) is 9.97 Å². The Morgan fingerprint density at radius 3 is 3.08 bits per heavy atom. The summed E-state index contributed by atoms with van der Waals surface area (Å²) in [6.07, 6.45) is 1.44. The summed E-state index contributed by atoms with van der Waals surface area (Å²) in [6, 6.07) is 4.57. The van der Waals surface area contributed by atoms with Crippen molar-refractivity contribution in [3.8, 4) is 6.07 Å². The van der Waals surface area contributed by atoms with Gasteiger partial charge in [-0.15, -0.1) is 0 Å². The van der Waals surface area contributed by atoms with Crippen LogP contribution in [-0.2, 0) is 0 Å². The van der Waals surface area contributed by atoms with Crippen molar-refractivity contribution in [1.29, 1.82) is 5.26 Å². The van der Waals surface area contributed by atoms with Crippen LogP contribution in [0.1, 0.15) is 5.56 Å². The number of fused-ring (bicyclic) bond motifs is 1. The minimum atomic E-state index is -0.530. The summed E-state index contributed by atoms with van der Waals surface area (Å²) in [5, 5.41) is 8.59. The highest BCUT2D eigenvalue weighted by Gasteiger charge is 2.07. The zero-order valence-electron chi connectivity index (χ0n) is 6.00. The number of benzene rings is 1. The second-order valence-corrected chi connectivity index (χ2v) is 2.33. The third-order valence-corrected chi connectivity index (χ3v) is 1.65. The van der Waals surface area contributed by atoms with Crippen molar-refractivity contribution >= 4 is 11.0 Å². The van der Waals surface area contributed by atoms with Crippen molar-refractivity contribution in [2.45, 2.75) is 0 Å². The van der Waals surface area contributed by atoms with E-state index in [1.54, 1.807) is 12.1 Å². The van der Waals surface area contributed by atoms with Gasteiger partial charge < -0.3 is 4.98 Å². The monoisotopic (exact) mass is 161 g/mol. The van der Waals surface area contributed by atoms with Crippen LogP contribution in [0.25, 0.3) is 11.0 Å². The van der Waals surface area contributed by atoms with Crippen molar-refractivity contribution in [1.82, 2.24) is 9.97 Å². The lowest BCUT2D eigenvalue weighted by Gasteiger charge is -1.92. The molecule has 2 rings (SSSR count). The standard InChI is InChI=1S/C8H4FN3/c9-6-1-2-7-8(5(6)3-10)12-4-11-7/h1-2,4H,(H,11,12). The number of imidazole rings is 1. The number of nitriles is 1. The van der Waals surface area contributed by atoms with Gasteiger partial charge in [0.15, 0.2) is 0 Å². The lowest BCUT2D eigenvalue weighted by Crippen LogP contribution is -1.84. The third-order valence-electron chi connectivity index (χ3n) is 1.65. The molecule has 0 aliphatic heterocycles. The van der Waals surface area contributed by atoms with Gasteiger partial charge >= 0.3 is 0 Å². The van der Waals surface area contributed by atoms with E-state index < -0.39 is 5.82 Å². The maximum atomic E-state index is 12.9. The number of H-pyrrole nitrogens is 1. The third kappa shape index (κ3) is 0.768. The van der Waals surface area contributed by atoms with Crippen molar-refractivity contribution in [2.75, 3.05) is 0 Å². The molecule has 4 heteroatoms. The quantitative estimate of drug-likeness (QED) is 0.637. The van der Waals surface area contributed by atoms with Crippen molar-refractivity contribution in [2.24, 2.45) is 0 Å². The molecular weight excluding hydrogens is 157 g/mol. The first-order valence-electron chi connectivity index (χ1n) is 3.34. The Hall–Kier alpha value is -1.89. The molecule has 0 radical (unpaired) electrons. The molecule has 0 bridgehead atoms. The SMILES string of the molecule is N#Cc1c(F)ccc2[nH]cnc12. The number of nitrogens with zero attached hydrogens (tertiary/aromatic N) is 2. The van der Waals surface area contributed by atoms with Crippen molar-refractivity contribution < 1.29 is 4.39 Å². The summed E-state index contributed by atoms with van der Waals surface area (Å²) in [4.78, 5) is 6.62. The average molecular weight is 161 g/mol. The fourth-order valence-corrected chi connectivity index (χ4v) is 1.09. The van der Waals surface area contributed by atoms with Crippen molar-refractivity contribution in [3.63, 3.8) is 0 Å². The predicted octanol–water partition coefficient (Wildman–Crippen LogP) is 1.57. The summed E-state index contributed by atoms with van der Waals surface area (Å²) in [7, 11) is 0. The molecule has 0 saturated carbocycles. The number of hydrogen-bond acceptors (Lipinski definition) is 2. The Morgan fingerprint density at radius 1 is 1.50 bits per heavy atom. The van der Waals surface area contributed by atoms with Crippen LogP contribution in [-0.4, -0.2) is 9.97 Å². The van der Waals surface area contributed by atoms with E-state index in [9.17, 15) is 4.39 Å². The van der Waals surface area contributed by atoms with Crippen LogP contribution in [0.2, 0.25) is 0 Å². The summed E-state index contributed by atoms with van der Waals surface area (Å²) in [5.74, 6) is -0.530. The Morgan fingerprint density at radius 2 is 2.33 bits per heavy atom. The van der Waals surface area contributed by atoms with Gasteiger partial charge in [0.1, 0.15) is 23.0 Å². The summed E-state index contributed by atoms with van der Waals surface area (Å²) in [5.41, 5.74) is 1.05. The Kier molecular flexibility index (Phi) is 1.31. The molecule has 1 N–H and O–H groups in total. The molecule has 0 fully saturated rings. The number of rotatable bonds is 0. The lowest BCUT2D eigenvalue weighted by molar-refractivity contribution is 0.625. The first-order valence-corrected chi connectivity index (χ1v) is 3.34. The van der Waals surface area contributed by atoms with Crippen molar-refractivity contribution in [3.05, 3.63) is 29.8 Å². The molecule has 2 aromatic rings. The Balaban J connectivity index is 2.94. The number of halogens is 1. The number of aromatic nitrogens is 2. The molecule has 0 aliphatic carbocycles. The van der Waals surface area contributed by atoms with Crippen LogP contribution >= 0.6 is 0 Å². The van der Waals surface area contributed by atoms with Gasteiger partial charge in [0.05, 0.1) is 11.8 Å². The summed E-state index contributed by atoms with van der Waals surface area (Å²) < 4.78 is 12.9. The van der Waals surface area contributed by atoms with Crippen LogP contribution < -0.4 is 0 Å². The molecule has 0 atom stereocenters. The highest BCUT2D eigenvalue weighted by molar-refractivity contribution is 5.80. The van der Waals surface area contributed by atoms with Crippen LogP contribution in [0.15, 0.2) is 18.5 Å². The zero-order valence-corrected chi connectivity index (χ0v) is 6.00. The maximum absolute atomic E-state index is 12.9. The highest BCUT2D eigenvalue weighted by Crippen LogP contribution is 2.16. The van der Waals surface area contributed by atoms with Gasteiger partial charge in [-0.05, 0) is 12.1 Å². The topological polar surface area (TPSA) is 52.5 Å². The summed E-state index contributed by atoms with van der Waals surface area (Å²) >= 11 is 0. The van der Waals surface area contributed by atoms with Gasteiger partial charge in [0.2, 0.25) is 0 Å². The number of hydrogen-bond donors (Lipinski definition) is 1. The van der Waals surface area contributed by atoms with Gasteiger partial charge in [-0.2, -0.15) is 5.26 Å². The molecule has 1 aromatic carbocycles. The van der Waals surface area contributed by atoms with Gasteiger partial charge in [0.25, 0.3) is 0 Å². The van der Waals surface area contributed by atoms with E-state index in [1.807, 2.05) is 0 Å². The van der Waals surface area contributed by atoms with E-state index in [1.165, 1.54) is 12.4 Å². The summed E-state index contributed by atoms with van der Waals surface area (Å²) in [6.45, 7) is 0. The van der Waals surface area contributed by atoms with Crippen LogP contribution in [0.3, 0.4) is 0 Å². The number of nitrogens with one attached hydrogen (secondary N) is 1. The van der Waals surface area contributed by atoms with E-state index in [-0.39, 0.29) is 5.56 Å². The molecule has 12 heavy (non-hydrogen) atoms.